The fourth-order valence-corrected chi connectivity index (χ4v) is 6.48. The van der Waals surface area contributed by atoms with Crippen LogP contribution in [-0.4, -0.2) is 0 Å². The summed E-state index contributed by atoms with van der Waals surface area (Å²) in [4.78, 5) is 0. The van der Waals surface area contributed by atoms with Gasteiger partial charge in [0.2, 0.25) is 0 Å². The van der Waals surface area contributed by atoms with Gasteiger partial charge in [-0.05, 0) is 59.1 Å². The van der Waals surface area contributed by atoms with E-state index in [0.717, 1.165) is 0 Å². The van der Waals surface area contributed by atoms with Crippen molar-refractivity contribution < 1.29 is 0 Å². The third-order valence-corrected chi connectivity index (χ3v) is 9.10. The van der Waals surface area contributed by atoms with Gasteiger partial charge >= 0.3 is 0 Å². The van der Waals surface area contributed by atoms with Crippen LogP contribution >= 0.6 is 0 Å². The van der Waals surface area contributed by atoms with Crippen LogP contribution in [0, 0.1) is 0 Å². The van der Waals surface area contributed by atoms with E-state index in [9.17, 15) is 0 Å². The van der Waals surface area contributed by atoms with Gasteiger partial charge in [-0.25, -0.2) is 0 Å². The van der Waals surface area contributed by atoms with Gasteiger partial charge in [-0.1, -0.05) is 202 Å². The molecule has 0 radical (unpaired) electrons. The van der Waals surface area contributed by atoms with Crippen molar-refractivity contribution >= 4 is 0 Å². The standard InChI is InChI=1S/C42H62/c1-3-5-7-9-11-13-15-17-19-23-33-39-35-42(38-31-27-22-28-32-38)40(36-41(39)37-29-25-21-26-30-37)34-24-20-18-16-14-12-10-8-6-4-2/h21-22,25-32,35-36H,3-20,23-24,33-34H2,1-2H3. The van der Waals surface area contributed by atoms with Crippen molar-refractivity contribution in [2.45, 2.75) is 155 Å². The van der Waals surface area contributed by atoms with Crippen molar-refractivity contribution in [1.29, 1.82) is 0 Å². The quantitative estimate of drug-likeness (QED) is 0.0946. The summed E-state index contributed by atoms with van der Waals surface area (Å²) >= 11 is 0. The van der Waals surface area contributed by atoms with E-state index in [-0.39, 0.29) is 0 Å². The minimum absolute atomic E-state index is 1.18. The van der Waals surface area contributed by atoms with E-state index in [1.165, 1.54) is 175 Å². The normalized spacial score (nSPS) is 11.3. The maximum absolute atomic E-state index is 2.57. The first-order valence-electron chi connectivity index (χ1n) is 18.1. The predicted octanol–water partition coefficient (Wildman–Crippen LogP) is 13.9. The lowest BCUT2D eigenvalue weighted by Crippen LogP contribution is -1.98. The van der Waals surface area contributed by atoms with Gasteiger partial charge in [0.25, 0.3) is 0 Å². The van der Waals surface area contributed by atoms with Gasteiger partial charge in [0.15, 0.2) is 0 Å². The minimum atomic E-state index is 1.18. The number of hydrogen-bond acceptors (Lipinski definition) is 0. The Labute approximate surface area is 260 Å². The Morgan fingerprint density at radius 1 is 0.333 bits per heavy atom. The summed E-state index contributed by atoms with van der Waals surface area (Å²) in [6.45, 7) is 4.61. The van der Waals surface area contributed by atoms with Crippen molar-refractivity contribution in [3.05, 3.63) is 83.9 Å². The molecule has 0 saturated carbocycles. The summed E-state index contributed by atoms with van der Waals surface area (Å²) in [5, 5.41) is 0. The molecule has 230 valence electrons. The molecule has 0 unspecified atom stereocenters. The van der Waals surface area contributed by atoms with Crippen LogP contribution in [0.15, 0.2) is 72.8 Å². The van der Waals surface area contributed by atoms with Crippen LogP contribution in [0.3, 0.4) is 0 Å². The molecule has 0 bridgehead atoms. The lowest BCUT2D eigenvalue weighted by atomic mass is 9.87. The molecule has 3 aromatic carbocycles. The van der Waals surface area contributed by atoms with E-state index in [0.29, 0.717) is 0 Å². The van der Waals surface area contributed by atoms with Crippen molar-refractivity contribution in [1.82, 2.24) is 0 Å². The Balaban J connectivity index is 1.62. The third-order valence-electron chi connectivity index (χ3n) is 9.10. The molecule has 0 nitrogen and oxygen atoms in total. The first-order chi connectivity index (χ1) is 20.8. The maximum Gasteiger partial charge on any atom is -0.0149 e. The van der Waals surface area contributed by atoms with E-state index in [1.807, 2.05) is 0 Å². The summed E-state index contributed by atoms with van der Waals surface area (Å²) in [5.74, 6) is 0. The molecule has 3 aromatic rings. The zero-order valence-electron chi connectivity index (χ0n) is 27.5. The second-order valence-corrected chi connectivity index (χ2v) is 12.8. The Bertz CT molecular complexity index is 961. The smallest absolute Gasteiger partial charge is 0.0149 e. The molecule has 0 spiro atoms. The summed E-state index contributed by atoms with van der Waals surface area (Å²) in [6.07, 6.45) is 30.2. The van der Waals surface area contributed by atoms with Crippen LogP contribution in [0.5, 0.6) is 0 Å². The molecule has 0 fully saturated rings. The Morgan fingerprint density at radius 2 is 0.619 bits per heavy atom. The summed E-state index contributed by atoms with van der Waals surface area (Å²) in [7, 11) is 0. The average molecular weight is 567 g/mol. The van der Waals surface area contributed by atoms with Crippen LogP contribution in [-0.2, 0) is 12.8 Å². The maximum atomic E-state index is 2.57. The SMILES string of the molecule is CCCCCCCCCCCCc1cc(-c2ccccc2)c(CCCCCCCCCCCC)cc1-c1ccccc1. The second-order valence-electron chi connectivity index (χ2n) is 12.8. The number of unbranched alkanes of at least 4 members (excludes halogenated alkanes) is 18. The molecule has 0 aliphatic heterocycles. The summed E-state index contributed by atoms with van der Waals surface area (Å²) in [6, 6.07) is 27.5. The van der Waals surface area contributed by atoms with Gasteiger partial charge in [0.05, 0.1) is 0 Å². The number of hydrogen-bond donors (Lipinski definition) is 0. The molecule has 0 aliphatic carbocycles. The van der Waals surface area contributed by atoms with E-state index in [1.54, 1.807) is 0 Å². The number of aryl methyl sites for hydroxylation is 2. The summed E-state index contributed by atoms with van der Waals surface area (Å²) in [5.41, 5.74) is 8.76. The molecular weight excluding hydrogens is 504 g/mol. The number of rotatable bonds is 24. The van der Waals surface area contributed by atoms with Crippen LogP contribution in [0.1, 0.15) is 153 Å². The Kier molecular flexibility index (Phi) is 18.1. The zero-order valence-corrected chi connectivity index (χ0v) is 27.5. The lowest BCUT2D eigenvalue weighted by Gasteiger charge is -2.18. The van der Waals surface area contributed by atoms with Crippen molar-refractivity contribution in [3.63, 3.8) is 0 Å². The molecule has 0 aliphatic rings. The first-order valence-corrected chi connectivity index (χ1v) is 18.1. The Hall–Kier alpha value is -2.34. The van der Waals surface area contributed by atoms with Gasteiger partial charge in [0, 0.05) is 0 Å². The van der Waals surface area contributed by atoms with Gasteiger partial charge in [-0.3, -0.25) is 0 Å². The molecule has 0 atom stereocenters. The molecular formula is C42H62. The van der Waals surface area contributed by atoms with Crippen LogP contribution in [0.2, 0.25) is 0 Å². The van der Waals surface area contributed by atoms with Crippen molar-refractivity contribution in [2.75, 3.05) is 0 Å². The fourth-order valence-electron chi connectivity index (χ4n) is 6.48. The first kappa shape index (κ1) is 34.2. The monoisotopic (exact) mass is 566 g/mol. The lowest BCUT2D eigenvalue weighted by molar-refractivity contribution is 0.556. The van der Waals surface area contributed by atoms with Crippen LogP contribution in [0.25, 0.3) is 22.3 Å². The van der Waals surface area contributed by atoms with E-state index >= 15 is 0 Å². The summed E-state index contributed by atoms with van der Waals surface area (Å²) < 4.78 is 0. The van der Waals surface area contributed by atoms with E-state index in [2.05, 4.69) is 86.6 Å². The molecule has 0 saturated heterocycles. The van der Waals surface area contributed by atoms with Crippen molar-refractivity contribution in [3.8, 4) is 22.3 Å². The van der Waals surface area contributed by atoms with Crippen LogP contribution < -0.4 is 0 Å². The average Bonchev–Trinajstić information content (AvgIpc) is 3.03. The Morgan fingerprint density at radius 3 is 0.929 bits per heavy atom. The van der Waals surface area contributed by atoms with Gasteiger partial charge in [-0.15, -0.1) is 0 Å². The van der Waals surface area contributed by atoms with Gasteiger partial charge in [0.1, 0.15) is 0 Å². The highest BCUT2D eigenvalue weighted by Gasteiger charge is 2.13. The molecule has 0 amide bonds. The number of benzene rings is 3. The van der Waals surface area contributed by atoms with Crippen LogP contribution in [0.4, 0.5) is 0 Å². The fraction of sp³-hybridized carbons (Fsp3) is 0.571. The largest absolute Gasteiger partial charge is 0.0654 e. The molecule has 3 rings (SSSR count). The third kappa shape index (κ3) is 13.3. The highest BCUT2D eigenvalue weighted by atomic mass is 14.2. The zero-order chi connectivity index (χ0) is 29.5. The minimum Gasteiger partial charge on any atom is -0.0654 e. The molecule has 0 N–H and O–H groups in total. The highest BCUT2D eigenvalue weighted by molar-refractivity contribution is 5.76. The molecule has 0 aromatic heterocycles. The molecule has 0 heterocycles. The van der Waals surface area contributed by atoms with Gasteiger partial charge < -0.3 is 0 Å². The molecule has 42 heavy (non-hydrogen) atoms. The van der Waals surface area contributed by atoms with Crippen molar-refractivity contribution in [2.24, 2.45) is 0 Å². The highest BCUT2D eigenvalue weighted by Crippen LogP contribution is 2.34. The van der Waals surface area contributed by atoms with E-state index < -0.39 is 0 Å². The second kappa shape index (κ2) is 22.2. The topological polar surface area (TPSA) is 0 Å². The van der Waals surface area contributed by atoms with Gasteiger partial charge in [-0.2, -0.15) is 0 Å². The predicted molar refractivity (Wildman–Crippen MR) is 188 cm³/mol. The molecule has 0 heteroatoms. The van der Waals surface area contributed by atoms with E-state index in [4.69, 9.17) is 0 Å².